The summed E-state index contributed by atoms with van der Waals surface area (Å²) in [4.78, 5) is 2.51. The molecule has 3 rings (SSSR count). The second-order valence-electron chi connectivity index (χ2n) is 6.98. The van der Waals surface area contributed by atoms with Crippen LogP contribution in [-0.4, -0.2) is 29.6 Å². The molecule has 0 aliphatic carbocycles. The topological polar surface area (TPSA) is 23.5 Å². The van der Waals surface area contributed by atoms with Gasteiger partial charge in [-0.3, -0.25) is 0 Å². The van der Waals surface area contributed by atoms with Crippen molar-refractivity contribution in [3.63, 3.8) is 0 Å². The fourth-order valence-corrected chi connectivity index (χ4v) is 3.95. The van der Waals surface area contributed by atoms with Gasteiger partial charge in [-0.05, 0) is 56.1 Å². The Kier molecular flexibility index (Phi) is 5.75. The van der Waals surface area contributed by atoms with E-state index in [-0.39, 0.29) is 5.92 Å². The summed E-state index contributed by atoms with van der Waals surface area (Å²) in [6.45, 7) is 5.13. The number of likely N-dealkylation sites (tertiary alicyclic amines) is 1. The summed E-state index contributed by atoms with van der Waals surface area (Å²) in [6.07, 6.45) is 3.86. The summed E-state index contributed by atoms with van der Waals surface area (Å²) in [5.74, 6) is 0.0537. The van der Waals surface area contributed by atoms with Crippen molar-refractivity contribution in [1.82, 2.24) is 4.90 Å². The molecule has 1 saturated heterocycles. The number of benzene rings is 2. The van der Waals surface area contributed by atoms with Gasteiger partial charge >= 0.3 is 0 Å². The minimum Gasteiger partial charge on any atom is -0.385 e. The van der Waals surface area contributed by atoms with Crippen LogP contribution in [0.15, 0.2) is 59.1 Å². The highest BCUT2D eigenvalue weighted by Gasteiger charge is 2.36. The van der Waals surface area contributed by atoms with E-state index >= 15 is 0 Å². The third kappa shape index (κ3) is 4.08. The lowest BCUT2D eigenvalue weighted by Crippen LogP contribution is -2.41. The van der Waals surface area contributed by atoms with Crippen LogP contribution in [0.25, 0.3) is 0 Å². The van der Waals surface area contributed by atoms with Crippen molar-refractivity contribution in [2.75, 3.05) is 19.6 Å². The molecule has 128 valence electrons. The zero-order chi connectivity index (χ0) is 17.0. The summed E-state index contributed by atoms with van der Waals surface area (Å²) in [5.41, 5.74) is 1.27. The molecule has 0 amide bonds. The van der Waals surface area contributed by atoms with E-state index in [9.17, 15) is 5.11 Å². The maximum Gasteiger partial charge on any atom is 0.0949 e. The van der Waals surface area contributed by atoms with Crippen molar-refractivity contribution in [2.24, 2.45) is 0 Å². The molecule has 1 aliphatic heterocycles. The molecular weight excluding hydrogens is 362 g/mol. The fraction of sp³-hybridized carbons (Fsp3) is 0.429. The molecule has 0 aromatic heterocycles. The normalized spacial score (nSPS) is 19.6. The van der Waals surface area contributed by atoms with Crippen molar-refractivity contribution >= 4 is 15.9 Å². The van der Waals surface area contributed by atoms with Crippen molar-refractivity contribution in [3.8, 4) is 0 Å². The Morgan fingerprint density at radius 3 is 2.25 bits per heavy atom. The van der Waals surface area contributed by atoms with Crippen molar-refractivity contribution in [1.29, 1.82) is 0 Å². The van der Waals surface area contributed by atoms with Crippen LogP contribution in [0.3, 0.4) is 0 Å². The number of piperidine rings is 1. The van der Waals surface area contributed by atoms with Gasteiger partial charge < -0.3 is 10.0 Å². The van der Waals surface area contributed by atoms with Gasteiger partial charge in [-0.15, -0.1) is 0 Å². The lowest BCUT2D eigenvalue weighted by Gasteiger charge is -2.38. The molecule has 2 atom stereocenters. The van der Waals surface area contributed by atoms with Crippen LogP contribution in [0.5, 0.6) is 0 Å². The highest BCUT2D eigenvalue weighted by atomic mass is 79.9. The minimum atomic E-state index is -0.903. The Morgan fingerprint density at radius 2 is 1.62 bits per heavy atom. The van der Waals surface area contributed by atoms with E-state index in [1.54, 1.807) is 0 Å². The predicted molar refractivity (Wildman–Crippen MR) is 103 cm³/mol. The molecule has 2 aromatic rings. The zero-order valence-electron chi connectivity index (χ0n) is 14.3. The Labute approximate surface area is 153 Å². The minimum absolute atomic E-state index is 0.0537. The van der Waals surface area contributed by atoms with Crippen LogP contribution in [0, 0.1) is 0 Å². The van der Waals surface area contributed by atoms with E-state index in [4.69, 9.17) is 0 Å². The predicted octanol–water partition coefficient (Wildman–Crippen LogP) is 4.93. The first kappa shape index (κ1) is 17.7. The maximum absolute atomic E-state index is 11.5. The van der Waals surface area contributed by atoms with Crippen molar-refractivity contribution in [2.45, 2.75) is 37.7 Å². The summed E-state index contributed by atoms with van der Waals surface area (Å²) >= 11 is 3.48. The van der Waals surface area contributed by atoms with Crippen molar-refractivity contribution < 1.29 is 5.11 Å². The first-order chi connectivity index (χ1) is 11.6. The van der Waals surface area contributed by atoms with Crippen LogP contribution >= 0.6 is 15.9 Å². The van der Waals surface area contributed by atoms with E-state index in [0.717, 1.165) is 29.7 Å². The largest absolute Gasteiger partial charge is 0.385 e. The average molecular weight is 388 g/mol. The molecular formula is C21H26BrNO. The van der Waals surface area contributed by atoms with Gasteiger partial charge in [0.25, 0.3) is 0 Å². The zero-order valence-corrected chi connectivity index (χ0v) is 15.9. The van der Waals surface area contributed by atoms with Gasteiger partial charge in [0.05, 0.1) is 5.60 Å². The first-order valence-electron chi connectivity index (χ1n) is 8.83. The first-order valence-corrected chi connectivity index (χ1v) is 9.62. The lowest BCUT2D eigenvalue weighted by atomic mass is 9.78. The number of aliphatic hydroxyl groups is 1. The SMILES string of the molecule is C[C@@](O)(c1ccc(Br)cc1)[C@H](CN1CCCCC1)c1ccccc1. The Morgan fingerprint density at radius 1 is 1.00 bits per heavy atom. The van der Waals surface area contributed by atoms with Crippen LogP contribution in [0.4, 0.5) is 0 Å². The van der Waals surface area contributed by atoms with E-state index < -0.39 is 5.60 Å². The molecule has 1 heterocycles. The van der Waals surface area contributed by atoms with Gasteiger partial charge in [-0.25, -0.2) is 0 Å². The smallest absolute Gasteiger partial charge is 0.0949 e. The Bertz CT molecular complexity index is 633. The van der Waals surface area contributed by atoms with Gasteiger partial charge in [-0.2, -0.15) is 0 Å². The molecule has 1 fully saturated rings. The third-order valence-corrected chi connectivity index (χ3v) is 5.73. The monoisotopic (exact) mass is 387 g/mol. The van der Waals surface area contributed by atoms with Gasteiger partial charge in [-0.1, -0.05) is 64.8 Å². The van der Waals surface area contributed by atoms with E-state index in [0.29, 0.717) is 0 Å². The van der Waals surface area contributed by atoms with Gasteiger partial charge in [0.2, 0.25) is 0 Å². The highest BCUT2D eigenvalue weighted by molar-refractivity contribution is 9.10. The van der Waals surface area contributed by atoms with Crippen LogP contribution in [0.2, 0.25) is 0 Å². The summed E-state index contributed by atoms with van der Waals surface area (Å²) < 4.78 is 1.04. The summed E-state index contributed by atoms with van der Waals surface area (Å²) in [6, 6.07) is 18.5. The van der Waals surface area contributed by atoms with Gasteiger partial charge in [0, 0.05) is 16.9 Å². The Balaban J connectivity index is 1.91. The third-order valence-electron chi connectivity index (χ3n) is 5.20. The van der Waals surface area contributed by atoms with Crippen molar-refractivity contribution in [3.05, 3.63) is 70.2 Å². The molecule has 1 N–H and O–H groups in total. The molecule has 2 nitrogen and oxygen atoms in total. The Hall–Kier alpha value is -1.16. The lowest BCUT2D eigenvalue weighted by molar-refractivity contribution is 0.0107. The number of nitrogens with zero attached hydrogens (tertiary/aromatic N) is 1. The molecule has 2 aromatic carbocycles. The highest BCUT2D eigenvalue weighted by Crippen LogP contribution is 2.38. The maximum atomic E-state index is 11.5. The number of hydrogen-bond acceptors (Lipinski definition) is 2. The molecule has 0 radical (unpaired) electrons. The number of rotatable bonds is 5. The second kappa shape index (κ2) is 7.81. The number of hydrogen-bond donors (Lipinski definition) is 1. The van der Waals surface area contributed by atoms with Crippen LogP contribution in [0.1, 0.15) is 43.2 Å². The van der Waals surface area contributed by atoms with E-state index in [1.165, 1.54) is 24.8 Å². The second-order valence-corrected chi connectivity index (χ2v) is 7.89. The van der Waals surface area contributed by atoms with Gasteiger partial charge in [0.1, 0.15) is 0 Å². The summed E-state index contributed by atoms with van der Waals surface area (Å²) in [5, 5.41) is 11.5. The average Bonchev–Trinajstić information content (AvgIpc) is 2.61. The van der Waals surface area contributed by atoms with E-state index in [2.05, 4.69) is 45.1 Å². The standard InChI is InChI=1S/C21H26BrNO/c1-21(24,18-10-12-19(22)13-11-18)20(17-8-4-2-5-9-17)16-23-14-6-3-7-15-23/h2,4-5,8-13,20,24H,3,6-7,14-16H2,1H3/t20-,21-/m1/s1. The molecule has 0 unspecified atom stereocenters. The van der Waals surface area contributed by atoms with E-state index in [1.807, 2.05) is 37.3 Å². The fourth-order valence-electron chi connectivity index (χ4n) is 3.68. The molecule has 1 aliphatic rings. The quantitative estimate of drug-likeness (QED) is 0.786. The van der Waals surface area contributed by atoms with Gasteiger partial charge in [0.15, 0.2) is 0 Å². The van der Waals surface area contributed by atoms with Crippen LogP contribution < -0.4 is 0 Å². The molecule has 0 saturated carbocycles. The molecule has 0 bridgehead atoms. The molecule has 0 spiro atoms. The molecule has 3 heteroatoms. The number of halogens is 1. The van der Waals surface area contributed by atoms with Crippen LogP contribution in [-0.2, 0) is 5.60 Å². The molecule has 24 heavy (non-hydrogen) atoms. The summed E-state index contributed by atoms with van der Waals surface area (Å²) in [7, 11) is 0.